The lowest BCUT2D eigenvalue weighted by Gasteiger charge is -2.15. The molecule has 0 saturated heterocycles. The zero-order valence-electron chi connectivity index (χ0n) is 12.2. The third-order valence-corrected chi connectivity index (χ3v) is 3.48. The van der Waals surface area contributed by atoms with Crippen molar-refractivity contribution in [1.82, 2.24) is 15.1 Å². The third-order valence-electron chi connectivity index (χ3n) is 3.48. The van der Waals surface area contributed by atoms with E-state index in [2.05, 4.69) is 22.7 Å². The van der Waals surface area contributed by atoms with Gasteiger partial charge in [-0.1, -0.05) is 13.8 Å². The molecule has 1 saturated carbocycles. The first kappa shape index (κ1) is 14.6. The van der Waals surface area contributed by atoms with Crippen molar-refractivity contribution in [3.8, 4) is 0 Å². The Bertz CT molecular complexity index is 491. The normalized spacial score (nSPS) is 16.0. The summed E-state index contributed by atoms with van der Waals surface area (Å²) in [6, 6.07) is 1.96. The minimum atomic E-state index is -0.643. The maximum atomic E-state index is 11.8. The van der Waals surface area contributed by atoms with Gasteiger partial charge in [-0.3, -0.25) is 9.59 Å². The number of hydrogen-bond donors (Lipinski definition) is 2. The molecule has 1 aromatic heterocycles. The molecule has 6 nitrogen and oxygen atoms in total. The maximum absolute atomic E-state index is 11.8. The topological polar surface area (TPSA) is 76.0 Å². The molecule has 0 aromatic carbocycles. The Morgan fingerprint density at radius 3 is 2.65 bits per heavy atom. The van der Waals surface area contributed by atoms with Gasteiger partial charge in [-0.15, -0.1) is 0 Å². The summed E-state index contributed by atoms with van der Waals surface area (Å²) < 4.78 is 1.78. The number of nitrogens with one attached hydrogen (secondary N) is 2. The third kappa shape index (κ3) is 3.59. The molecule has 1 aliphatic rings. The van der Waals surface area contributed by atoms with Gasteiger partial charge in [0.1, 0.15) is 5.82 Å². The van der Waals surface area contributed by atoms with Crippen molar-refractivity contribution in [2.24, 2.45) is 11.8 Å². The summed E-state index contributed by atoms with van der Waals surface area (Å²) in [7, 11) is 0. The number of rotatable bonds is 5. The molecule has 1 atom stereocenters. The van der Waals surface area contributed by atoms with Gasteiger partial charge in [0, 0.05) is 12.6 Å². The van der Waals surface area contributed by atoms with E-state index >= 15 is 0 Å². The standard InChI is InChI=1S/C14H22N4O2/c1-9(2)8-15-13(19)14(20)17-12-6-7-16-18(12)10(3)11-4-5-11/h6-7,9-11H,4-5,8H2,1-3H3,(H,15,19)(H,17,20). The van der Waals surface area contributed by atoms with E-state index in [9.17, 15) is 9.59 Å². The molecule has 2 amide bonds. The fraction of sp³-hybridized carbons (Fsp3) is 0.643. The van der Waals surface area contributed by atoms with Gasteiger partial charge in [-0.25, -0.2) is 4.68 Å². The largest absolute Gasteiger partial charge is 0.348 e. The first-order chi connectivity index (χ1) is 9.49. The van der Waals surface area contributed by atoms with E-state index in [1.165, 1.54) is 12.8 Å². The lowest BCUT2D eigenvalue weighted by Crippen LogP contribution is -2.37. The van der Waals surface area contributed by atoms with Gasteiger partial charge < -0.3 is 10.6 Å². The zero-order valence-corrected chi connectivity index (χ0v) is 12.2. The van der Waals surface area contributed by atoms with E-state index in [-0.39, 0.29) is 6.04 Å². The van der Waals surface area contributed by atoms with Crippen LogP contribution in [0.15, 0.2) is 12.3 Å². The van der Waals surface area contributed by atoms with Gasteiger partial charge in [-0.2, -0.15) is 5.10 Å². The number of anilines is 1. The van der Waals surface area contributed by atoms with Crippen LogP contribution in [0.3, 0.4) is 0 Å². The minimum absolute atomic E-state index is 0.249. The average molecular weight is 278 g/mol. The highest BCUT2D eigenvalue weighted by Crippen LogP contribution is 2.40. The summed E-state index contributed by atoms with van der Waals surface area (Å²) in [5.74, 6) is 0.266. The molecule has 0 radical (unpaired) electrons. The average Bonchev–Trinajstić information content (AvgIpc) is 3.15. The second kappa shape index (κ2) is 6.07. The summed E-state index contributed by atoms with van der Waals surface area (Å²) in [4.78, 5) is 23.5. The van der Waals surface area contributed by atoms with Crippen molar-refractivity contribution in [3.63, 3.8) is 0 Å². The fourth-order valence-electron chi connectivity index (χ4n) is 2.07. The number of nitrogens with zero attached hydrogens (tertiary/aromatic N) is 2. The highest BCUT2D eigenvalue weighted by molar-refractivity contribution is 6.39. The minimum Gasteiger partial charge on any atom is -0.348 e. The van der Waals surface area contributed by atoms with Crippen molar-refractivity contribution < 1.29 is 9.59 Å². The van der Waals surface area contributed by atoms with Crippen LogP contribution in [0.1, 0.15) is 39.7 Å². The highest BCUT2D eigenvalue weighted by Gasteiger charge is 2.31. The molecule has 2 rings (SSSR count). The Hall–Kier alpha value is -1.85. The van der Waals surface area contributed by atoms with E-state index in [1.807, 2.05) is 13.8 Å². The SMILES string of the molecule is CC(C)CNC(=O)C(=O)Nc1ccnn1C(C)C1CC1. The fourth-order valence-corrected chi connectivity index (χ4v) is 2.07. The molecule has 0 spiro atoms. The van der Waals surface area contributed by atoms with Crippen LogP contribution in [0.25, 0.3) is 0 Å². The molecule has 1 fully saturated rings. The monoisotopic (exact) mass is 278 g/mol. The number of aromatic nitrogens is 2. The maximum Gasteiger partial charge on any atom is 0.314 e. The molecule has 1 aromatic rings. The number of hydrogen-bond acceptors (Lipinski definition) is 3. The van der Waals surface area contributed by atoms with Crippen molar-refractivity contribution >= 4 is 17.6 Å². The van der Waals surface area contributed by atoms with Gasteiger partial charge in [-0.05, 0) is 31.6 Å². The molecular formula is C14H22N4O2. The Morgan fingerprint density at radius 1 is 1.35 bits per heavy atom. The van der Waals surface area contributed by atoms with Crippen LogP contribution in [0.5, 0.6) is 0 Å². The summed E-state index contributed by atoms with van der Waals surface area (Å²) >= 11 is 0. The van der Waals surface area contributed by atoms with Crippen molar-refractivity contribution in [3.05, 3.63) is 12.3 Å². The summed E-state index contributed by atoms with van der Waals surface area (Å²) in [5, 5.41) is 9.46. The summed E-state index contributed by atoms with van der Waals surface area (Å²) in [5.41, 5.74) is 0. The van der Waals surface area contributed by atoms with Crippen LogP contribution < -0.4 is 10.6 Å². The van der Waals surface area contributed by atoms with Gasteiger partial charge in [0.2, 0.25) is 0 Å². The summed E-state index contributed by atoms with van der Waals surface area (Å²) in [6.45, 7) is 6.53. The highest BCUT2D eigenvalue weighted by atomic mass is 16.2. The molecule has 2 N–H and O–H groups in total. The van der Waals surface area contributed by atoms with Gasteiger partial charge in [0.25, 0.3) is 0 Å². The van der Waals surface area contributed by atoms with Crippen molar-refractivity contribution in [2.45, 2.75) is 39.7 Å². The van der Waals surface area contributed by atoms with Crippen LogP contribution >= 0.6 is 0 Å². The lowest BCUT2D eigenvalue weighted by molar-refractivity contribution is -0.136. The predicted octanol–water partition coefficient (Wildman–Crippen LogP) is 1.56. The van der Waals surface area contributed by atoms with Crippen molar-refractivity contribution in [1.29, 1.82) is 0 Å². The van der Waals surface area contributed by atoms with Crippen LogP contribution in [-0.2, 0) is 9.59 Å². The van der Waals surface area contributed by atoms with E-state index in [0.717, 1.165) is 0 Å². The van der Waals surface area contributed by atoms with Crippen LogP contribution in [0.2, 0.25) is 0 Å². The van der Waals surface area contributed by atoms with Gasteiger partial charge in [0.05, 0.1) is 12.2 Å². The summed E-state index contributed by atoms with van der Waals surface area (Å²) in [6.07, 6.45) is 4.03. The Balaban J connectivity index is 1.94. The van der Waals surface area contributed by atoms with E-state index in [1.54, 1.807) is 16.9 Å². The predicted molar refractivity (Wildman–Crippen MR) is 76.1 cm³/mol. The molecule has 6 heteroatoms. The number of carbonyl (C=O) groups is 2. The number of carbonyl (C=O) groups excluding carboxylic acids is 2. The second-order valence-corrected chi connectivity index (χ2v) is 5.80. The van der Waals surface area contributed by atoms with E-state index < -0.39 is 11.8 Å². The van der Waals surface area contributed by atoms with Crippen LogP contribution in [0, 0.1) is 11.8 Å². The zero-order chi connectivity index (χ0) is 14.7. The lowest BCUT2D eigenvalue weighted by atomic mass is 10.2. The first-order valence-corrected chi connectivity index (χ1v) is 7.11. The molecule has 1 unspecified atom stereocenters. The first-order valence-electron chi connectivity index (χ1n) is 7.11. The Morgan fingerprint density at radius 2 is 2.05 bits per heavy atom. The van der Waals surface area contributed by atoms with Crippen LogP contribution in [-0.4, -0.2) is 28.1 Å². The molecule has 0 aliphatic heterocycles. The Kier molecular flexibility index (Phi) is 4.42. The van der Waals surface area contributed by atoms with E-state index in [0.29, 0.717) is 24.2 Å². The van der Waals surface area contributed by atoms with Gasteiger partial charge >= 0.3 is 11.8 Å². The molecular weight excluding hydrogens is 256 g/mol. The second-order valence-electron chi connectivity index (χ2n) is 5.80. The molecule has 110 valence electrons. The molecule has 0 bridgehead atoms. The van der Waals surface area contributed by atoms with Gasteiger partial charge in [0.15, 0.2) is 0 Å². The molecule has 1 aliphatic carbocycles. The van der Waals surface area contributed by atoms with Crippen molar-refractivity contribution in [2.75, 3.05) is 11.9 Å². The van der Waals surface area contributed by atoms with E-state index in [4.69, 9.17) is 0 Å². The molecule has 20 heavy (non-hydrogen) atoms. The van der Waals surface area contributed by atoms with Crippen LogP contribution in [0.4, 0.5) is 5.82 Å². The smallest absolute Gasteiger partial charge is 0.314 e. The number of amides is 2. The Labute approximate surface area is 118 Å². The quantitative estimate of drug-likeness (QED) is 0.803. The molecule has 1 heterocycles.